The summed E-state index contributed by atoms with van der Waals surface area (Å²) in [5.41, 5.74) is 5.30. The van der Waals surface area contributed by atoms with Gasteiger partial charge in [-0.15, -0.1) is 12.4 Å². The normalized spacial score (nSPS) is 11.0. The molecule has 4 aromatic rings. The van der Waals surface area contributed by atoms with Crippen LogP contribution in [-0.4, -0.2) is 41.1 Å². The molecule has 11 heteroatoms. The highest BCUT2D eigenvalue weighted by atomic mass is 35.5. The first kappa shape index (κ1) is 26.6. The van der Waals surface area contributed by atoms with Gasteiger partial charge in [-0.25, -0.2) is 9.78 Å². The Hall–Kier alpha value is -4.05. The van der Waals surface area contributed by atoms with Crippen LogP contribution in [-0.2, 0) is 11.2 Å². The Balaban J connectivity index is 0.00000361. The van der Waals surface area contributed by atoms with Crippen molar-refractivity contribution in [3.8, 4) is 22.4 Å². The number of urea groups is 1. The van der Waals surface area contributed by atoms with Crippen LogP contribution < -0.4 is 16.0 Å². The van der Waals surface area contributed by atoms with Gasteiger partial charge >= 0.3 is 12.2 Å². The maximum Gasteiger partial charge on any atom is 0.405 e. The molecule has 0 unspecified atom stereocenters. The molecule has 4 rings (SSSR count). The minimum atomic E-state index is -4.49. The van der Waals surface area contributed by atoms with Crippen molar-refractivity contribution in [2.24, 2.45) is 0 Å². The molecule has 0 atom stereocenters. The standard InChI is InChI=1S/C25H22F3N5O2.ClH/c1-29-23(34)11-16-4-2-5-17(10-16)18-8-9-33-21(14-30-22(33)13-18)19-6-3-7-20(12-19)32-24(35)31-15-25(26,27)28;/h2-10,12-14H,11,15H2,1H3,(H,29,34)(H2,31,32,35);1H. The first-order chi connectivity index (χ1) is 16.7. The molecule has 0 fully saturated rings. The molecule has 36 heavy (non-hydrogen) atoms. The molecule has 2 aromatic carbocycles. The van der Waals surface area contributed by atoms with Gasteiger partial charge in [0, 0.05) is 24.5 Å². The van der Waals surface area contributed by atoms with Crippen LogP contribution in [0.5, 0.6) is 0 Å². The molecule has 0 bridgehead atoms. The molecule has 0 saturated heterocycles. The predicted molar refractivity (Wildman–Crippen MR) is 134 cm³/mol. The fourth-order valence-electron chi connectivity index (χ4n) is 3.62. The number of hydrogen-bond donors (Lipinski definition) is 3. The number of nitrogens with zero attached hydrogens (tertiary/aromatic N) is 2. The summed E-state index contributed by atoms with van der Waals surface area (Å²) in [7, 11) is 1.60. The minimum absolute atomic E-state index is 0. The molecular weight excluding hydrogens is 495 g/mol. The van der Waals surface area contributed by atoms with Crippen LogP contribution >= 0.6 is 12.4 Å². The number of carbonyl (C=O) groups excluding carboxylic acids is 2. The number of rotatable bonds is 6. The van der Waals surface area contributed by atoms with Crippen LogP contribution in [0.3, 0.4) is 0 Å². The number of carbonyl (C=O) groups is 2. The summed E-state index contributed by atoms with van der Waals surface area (Å²) in [5.74, 6) is -0.0648. The molecule has 3 amide bonds. The van der Waals surface area contributed by atoms with Gasteiger partial charge in [-0.3, -0.25) is 9.20 Å². The highest BCUT2D eigenvalue weighted by molar-refractivity contribution is 5.90. The molecule has 2 heterocycles. The quantitative estimate of drug-likeness (QED) is 0.334. The van der Waals surface area contributed by atoms with Crippen molar-refractivity contribution in [3.63, 3.8) is 0 Å². The fraction of sp³-hybridized carbons (Fsp3) is 0.160. The first-order valence-electron chi connectivity index (χ1n) is 10.7. The summed E-state index contributed by atoms with van der Waals surface area (Å²) in [4.78, 5) is 28.0. The number of pyridine rings is 1. The van der Waals surface area contributed by atoms with E-state index in [4.69, 9.17) is 0 Å². The van der Waals surface area contributed by atoms with E-state index in [0.29, 0.717) is 17.8 Å². The average molecular weight is 518 g/mol. The van der Waals surface area contributed by atoms with E-state index >= 15 is 0 Å². The third-order valence-electron chi connectivity index (χ3n) is 5.28. The number of hydrogen-bond acceptors (Lipinski definition) is 3. The summed E-state index contributed by atoms with van der Waals surface area (Å²) in [6.45, 7) is -1.41. The maximum absolute atomic E-state index is 12.3. The van der Waals surface area contributed by atoms with E-state index in [1.807, 2.05) is 53.1 Å². The Labute approximate surface area is 211 Å². The molecular formula is C25H23ClF3N5O2. The van der Waals surface area contributed by atoms with Crippen LogP contribution in [0, 0.1) is 0 Å². The second kappa shape index (κ2) is 11.1. The summed E-state index contributed by atoms with van der Waals surface area (Å²) in [6.07, 6.45) is -0.642. The van der Waals surface area contributed by atoms with E-state index in [9.17, 15) is 22.8 Å². The molecule has 0 aliphatic carbocycles. The molecule has 2 aromatic heterocycles. The first-order valence-corrected chi connectivity index (χ1v) is 10.7. The Morgan fingerprint density at radius 2 is 1.69 bits per heavy atom. The second-order valence-corrected chi connectivity index (χ2v) is 7.84. The third-order valence-corrected chi connectivity index (χ3v) is 5.28. The van der Waals surface area contributed by atoms with Crippen LogP contribution in [0.25, 0.3) is 28.0 Å². The van der Waals surface area contributed by atoms with Gasteiger partial charge < -0.3 is 16.0 Å². The number of fused-ring (bicyclic) bond motifs is 1. The predicted octanol–water partition coefficient (Wildman–Crippen LogP) is 5.06. The number of anilines is 1. The summed E-state index contributed by atoms with van der Waals surface area (Å²) >= 11 is 0. The number of likely N-dealkylation sites (N-methyl/N-ethyl adjacent to an activating group) is 1. The smallest absolute Gasteiger partial charge is 0.359 e. The summed E-state index contributed by atoms with van der Waals surface area (Å²) in [5, 5.41) is 6.81. The number of aromatic nitrogens is 2. The minimum Gasteiger partial charge on any atom is -0.359 e. The van der Waals surface area contributed by atoms with E-state index in [1.165, 1.54) is 0 Å². The van der Waals surface area contributed by atoms with Crippen molar-refractivity contribution >= 4 is 35.7 Å². The van der Waals surface area contributed by atoms with E-state index < -0.39 is 18.8 Å². The van der Waals surface area contributed by atoms with Gasteiger partial charge in [0.2, 0.25) is 5.91 Å². The molecule has 3 N–H and O–H groups in total. The number of imidazole rings is 1. The van der Waals surface area contributed by atoms with Gasteiger partial charge in [0.05, 0.1) is 18.3 Å². The van der Waals surface area contributed by atoms with Gasteiger partial charge in [-0.05, 0) is 41.0 Å². The zero-order valence-corrected chi connectivity index (χ0v) is 19.9. The lowest BCUT2D eigenvalue weighted by Gasteiger charge is -2.11. The topological polar surface area (TPSA) is 87.5 Å². The zero-order chi connectivity index (χ0) is 25.0. The van der Waals surface area contributed by atoms with E-state index in [1.54, 1.807) is 36.8 Å². The number of benzene rings is 2. The lowest BCUT2D eigenvalue weighted by Crippen LogP contribution is -2.36. The molecule has 7 nitrogen and oxygen atoms in total. The number of alkyl halides is 3. The van der Waals surface area contributed by atoms with Gasteiger partial charge in [-0.1, -0.05) is 36.4 Å². The number of nitrogens with one attached hydrogen (secondary N) is 3. The van der Waals surface area contributed by atoms with Gasteiger partial charge in [0.15, 0.2) is 0 Å². The lowest BCUT2D eigenvalue weighted by atomic mass is 10.0. The van der Waals surface area contributed by atoms with Gasteiger partial charge in [-0.2, -0.15) is 13.2 Å². The van der Waals surface area contributed by atoms with Gasteiger partial charge in [0.1, 0.15) is 12.2 Å². The Kier molecular flexibility index (Phi) is 8.21. The van der Waals surface area contributed by atoms with Crippen molar-refractivity contribution in [2.45, 2.75) is 12.6 Å². The van der Waals surface area contributed by atoms with Crippen LogP contribution in [0.2, 0.25) is 0 Å². The van der Waals surface area contributed by atoms with E-state index in [2.05, 4.69) is 15.6 Å². The van der Waals surface area contributed by atoms with Crippen LogP contribution in [0.15, 0.2) is 73.1 Å². The molecule has 0 spiro atoms. The highest BCUT2D eigenvalue weighted by Gasteiger charge is 2.27. The van der Waals surface area contributed by atoms with Crippen molar-refractivity contribution in [1.82, 2.24) is 20.0 Å². The molecule has 188 valence electrons. The number of amides is 3. The van der Waals surface area contributed by atoms with Crippen molar-refractivity contribution in [2.75, 3.05) is 18.9 Å². The Morgan fingerprint density at radius 3 is 2.44 bits per heavy atom. The van der Waals surface area contributed by atoms with Crippen LogP contribution in [0.4, 0.5) is 23.7 Å². The van der Waals surface area contributed by atoms with Crippen molar-refractivity contribution < 1.29 is 22.8 Å². The zero-order valence-electron chi connectivity index (χ0n) is 19.1. The molecule has 0 aliphatic rings. The number of halogens is 4. The molecule has 0 aliphatic heterocycles. The highest BCUT2D eigenvalue weighted by Crippen LogP contribution is 2.27. The fourth-order valence-corrected chi connectivity index (χ4v) is 3.62. The molecule has 0 saturated carbocycles. The second-order valence-electron chi connectivity index (χ2n) is 7.84. The Bertz CT molecular complexity index is 1390. The average Bonchev–Trinajstić information content (AvgIpc) is 3.26. The van der Waals surface area contributed by atoms with Crippen molar-refractivity contribution in [3.05, 3.63) is 78.6 Å². The van der Waals surface area contributed by atoms with E-state index in [-0.39, 0.29) is 18.3 Å². The largest absolute Gasteiger partial charge is 0.405 e. The molecule has 0 radical (unpaired) electrons. The third kappa shape index (κ3) is 6.54. The van der Waals surface area contributed by atoms with Crippen molar-refractivity contribution in [1.29, 1.82) is 0 Å². The van der Waals surface area contributed by atoms with Crippen LogP contribution in [0.1, 0.15) is 5.56 Å². The SMILES string of the molecule is CNC(=O)Cc1cccc(-c2ccn3c(-c4cccc(NC(=O)NCC(F)(F)F)c4)cnc3c2)c1.Cl. The van der Waals surface area contributed by atoms with Gasteiger partial charge in [0.25, 0.3) is 0 Å². The lowest BCUT2D eigenvalue weighted by molar-refractivity contribution is -0.122. The monoisotopic (exact) mass is 517 g/mol. The maximum atomic E-state index is 12.3. The Morgan fingerprint density at radius 1 is 0.972 bits per heavy atom. The summed E-state index contributed by atoms with van der Waals surface area (Å²) in [6, 6.07) is 17.4. The summed E-state index contributed by atoms with van der Waals surface area (Å²) < 4.78 is 38.8. The van der Waals surface area contributed by atoms with E-state index in [0.717, 1.165) is 27.9 Å².